The Hall–Kier alpha value is -4.34. The van der Waals surface area contributed by atoms with Crippen LogP contribution in [-0.4, -0.2) is 46.7 Å². The monoisotopic (exact) mass is 608 g/mol. The smallest absolute Gasteiger partial charge is 0.303 e. The molecule has 3 atom stereocenters. The fourth-order valence-electron chi connectivity index (χ4n) is 5.58. The first-order chi connectivity index (χ1) is 21.9. The molecule has 234 valence electrons. The molecule has 4 aromatic rings. The van der Waals surface area contributed by atoms with Crippen LogP contribution in [0.15, 0.2) is 103 Å². The molecule has 4 aromatic carbocycles. The van der Waals surface area contributed by atoms with Crippen LogP contribution in [0.1, 0.15) is 59.5 Å². The summed E-state index contributed by atoms with van der Waals surface area (Å²) < 4.78 is 13.2. The predicted octanol–water partition coefficient (Wildman–Crippen LogP) is 6.00. The number of aliphatic carboxylic acids is 1. The van der Waals surface area contributed by atoms with E-state index in [0.717, 1.165) is 46.5 Å². The van der Waals surface area contributed by atoms with Gasteiger partial charge in [-0.3, -0.25) is 14.5 Å². The fourth-order valence-corrected chi connectivity index (χ4v) is 5.58. The number of nitrogens with zero attached hydrogens (tertiary/aromatic N) is 1. The first-order valence-corrected chi connectivity index (χ1v) is 15.3. The first-order valence-electron chi connectivity index (χ1n) is 15.3. The Morgan fingerprint density at radius 1 is 0.800 bits per heavy atom. The Labute approximate surface area is 264 Å². The van der Waals surface area contributed by atoms with Crippen molar-refractivity contribution in [1.82, 2.24) is 10.2 Å². The van der Waals surface area contributed by atoms with Crippen LogP contribution in [0.4, 0.5) is 0 Å². The van der Waals surface area contributed by atoms with Crippen LogP contribution in [0.2, 0.25) is 0 Å². The van der Waals surface area contributed by atoms with Crippen molar-refractivity contribution in [3.8, 4) is 11.1 Å². The second-order valence-corrected chi connectivity index (χ2v) is 11.5. The summed E-state index contributed by atoms with van der Waals surface area (Å²) in [5.41, 5.74) is 6.95. The minimum absolute atomic E-state index is 0.00443. The molecule has 1 aliphatic rings. The van der Waals surface area contributed by atoms with E-state index in [2.05, 4.69) is 47.6 Å². The molecule has 1 heterocycles. The highest BCUT2D eigenvalue weighted by Gasteiger charge is 2.33. The van der Waals surface area contributed by atoms with Crippen molar-refractivity contribution in [2.75, 3.05) is 13.6 Å². The van der Waals surface area contributed by atoms with Gasteiger partial charge in [0.2, 0.25) is 5.91 Å². The number of carboxylic acids is 1. The van der Waals surface area contributed by atoms with E-state index in [9.17, 15) is 14.7 Å². The first kappa shape index (κ1) is 32.1. The zero-order valence-electron chi connectivity index (χ0n) is 25.5. The normalized spacial score (nSPS) is 18.1. The maximum absolute atomic E-state index is 12.0. The highest BCUT2D eigenvalue weighted by molar-refractivity contribution is 5.80. The van der Waals surface area contributed by atoms with Crippen molar-refractivity contribution in [3.63, 3.8) is 0 Å². The summed E-state index contributed by atoms with van der Waals surface area (Å²) in [6.07, 6.45) is -0.362. The number of nitrogens with one attached hydrogen (secondary N) is 1. The number of aliphatic hydroxyl groups excluding tert-OH is 1. The fraction of sp³-hybridized carbons (Fsp3) is 0.297. The van der Waals surface area contributed by atoms with Crippen LogP contribution in [0.25, 0.3) is 11.1 Å². The van der Waals surface area contributed by atoms with E-state index in [4.69, 9.17) is 14.6 Å². The molecule has 0 saturated carbocycles. The molecule has 0 bridgehead atoms. The number of carbonyl (C=O) groups is 2. The second kappa shape index (κ2) is 15.6. The van der Waals surface area contributed by atoms with Gasteiger partial charge in [0.25, 0.3) is 0 Å². The van der Waals surface area contributed by atoms with Crippen molar-refractivity contribution in [2.24, 2.45) is 0 Å². The Kier molecular flexibility index (Phi) is 11.1. The summed E-state index contributed by atoms with van der Waals surface area (Å²) in [5.74, 6) is -1.28. The maximum Gasteiger partial charge on any atom is 0.303 e. The Bertz CT molecular complexity index is 1560. The molecule has 8 nitrogen and oxygen atoms in total. The van der Waals surface area contributed by atoms with Crippen molar-refractivity contribution in [1.29, 1.82) is 0 Å². The molecular weight excluding hydrogens is 568 g/mol. The third kappa shape index (κ3) is 9.33. The number of amides is 1. The van der Waals surface area contributed by atoms with Crippen LogP contribution in [0.3, 0.4) is 0 Å². The molecule has 45 heavy (non-hydrogen) atoms. The van der Waals surface area contributed by atoms with Gasteiger partial charge in [-0.05, 0) is 52.6 Å². The van der Waals surface area contributed by atoms with Crippen LogP contribution in [0, 0.1) is 0 Å². The number of aliphatic hydroxyl groups is 1. The van der Waals surface area contributed by atoms with Crippen LogP contribution in [-0.2, 0) is 38.8 Å². The van der Waals surface area contributed by atoms with Gasteiger partial charge in [0.1, 0.15) is 0 Å². The van der Waals surface area contributed by atoms with E-state index < -0.39 is 12.3 Å². The third-order valence-corrected chi connectivity index (χ3v) is 7.90. The van der Waals surface area contributed by atoms with Gasteiger partial charge >= 0.3 is 5.97 Å². The molecule has 1 saturated heterocycles. The maximum atomic E-state index is 12.0. The van der Waals surface area contributed by atoms with E-state index in [0.29, 0.717) is 13.0 Å². The second-order valence-electron chi connectivity index (χ2n) is 11.5. The molecule has 0 spiro atoms. The molecule has 1 fully saturated rings. The zero-order valence-corrected chi connectivity index (χ0v) is 25.5. The van der Waals surface area contributed by atoms with E-state index in [1.54, 1.807) is 0 Å². The number of carbonyl (C=O) groups excluding carboxylic acids is 1. The number of hydrogen-bond donors (Lipinski definition) is 3. The highest BCUT2D eigenvalue weighted by atomic mass is 16.7. The van der Waals surface area contributed by atoms with Crippen LogP contribution < -0.4 is 5.32 Å². The SMILES string of the molecule is CN(Cc1ccccc1)C[C@@H]1C[C@H](c2ccc(CO)cc2)O[C@H](c2cccc(-c3cccc(CNC(=O)CCC(=O)O)c3)c2)O1. The van der Waals surface area contributed by atoms with Crippen molar-refractivity contribution >= 4 is 11.9 Å². The average molecular weight is 609 g/mol. The van der Waals surface area contributed by atoms with Gasteiger partial charge < -0.3 is 25.0 Å². The van der Waals surface area contributed by atoms with Gasteiger partial charge in [0.15, 0.2) is 6.29 Å². The molecule has 1 amide bonds. The molecule has 3 N–H and O–H groups in total. The topological polar surface area (TPSA) is 108 Å². The highest BCUT2D eigenvalue weighted by Crippen LogP contribution is 2.39. The summed E-state index contributed by atoms with van der Waals surface area (Å²) in [5, 5.41) is 21.1. The van der Waals surface area contributed by atoms with Crippen molar-refractivity contribution in [2.45, 2.75) is 57.5 Å². The lowest BCUT2D eigenvalue weighted by atomic mass is 9.98. The number of hydrogen-bond acceptors (Lipinski definition) is 6. The molecule has 0 radical (unpaired) electrons. The van der Waals surface area contributed by atoms with Crippen LogP contribution in [0.5, 0.6) is 0 Å². The Morgan fingerprint density at radius 3 is 2.24 bits per heavy atom. The van der Waals surface area contributed by atoms with Gasteiger partial charge in [-0.2, -0.15) is 0 Å². The number of carboxylic acid groups (broad SMARTS) is 1. The summed E-state index contributed by atoms with van der Waals surface area (Å²) in [6.45, 7) is 1.86. The summed E-state index contributed by atoms with van der Waals surface area (Å²) >= 11 is 0. The average Bonchev–Trinajstić information content (AvgIpc) is 3.07. The van der Waals surface area contributed by atoms with E-state index in [1.165, 1.54) is 5.56 Å². The minimum atomic E-state index is -0.991. The zero-order chi connectivity index (χ0) is 31.6. The molecule has 0 unspecified atom stereocenters. The van der Waals surface area contributed by atoms with Crippen LogP contribution >= 0.6 is 0 Å². The lowest BCUT2D eigenvalue weighted by Gasteiger charge is -2.38. The van der Waals surface area contributed by atoms with Gasteiger partial charge in [0.05, 0.1) is 25.2 Å². The van der Waals surface area contributed by atoms with Crippen molar-refractivity contribution in [3.05, 3.63) is 131 Å². The van der Waals surface area contributed by atoms with E-state index in [-0.39, 0.29) is 37.6 Å². The lowest BCUT2D eigenvalue weighted by molar-refractivity contribution is -0.252. The number of rotatable bonds is 13. The largest absolute Gasteiger partial charge is 0.481 e. The van der Waals surface area contributed by atoms with Crippen molar-refractivity contribution < 1.29 is 29.3 Å². The molecule has 1 aliphatic heterocycles. The third-order valence-electron chi connectivity index (χ3n) is 7.90. The molecule has 8 heteroatoms. The Morgan fingerprint density at radius 2 is 1.51 bits per heavy atom. The number of benzene rings is 4. The Balaban J connectivity index is 1.32. The molecular formula is C37H40N2O6. The molecule has 0 aliphatic carbocycles. The van der Waals surface area contributed by atoms with Gasteiger partial charge in [-0.1, -0.05) is 91.0 Å². The van der Waals surface area contributed by atoms with E-state index >= 15 is 0 Å². The lowest BCUT2D eigenvalue weighted by Crippen LogP contribution is -2.37. The van der Waals surface area contributed by atoms with E-state index in [1.807, 2.05) is 72.8 Å². The molecule has 5 rings (SSSR count). The quantitative estimate of drug-likeness (QED) is 0.171. The molecule has 0 aromatic heterocycles. The van der Waals surface area contributed by atoms with Gasteiger partial charge in [-0.15, -0.1) is 0 Å². The van der Waals surface area contributed by atoms with Gasteiger partial charge in [0, 0.05) is 38.0 Å². The minimum Gasteiger partial charge on any atom is -0.481 e. The summed E-state index contributed by atoms with van der Waals surface area (Å²) in [4.78, 5) is 25.1. The standard InChI is InChI=1S/C37H40N2O6/c1-39(23-26-7-3-2-4-8-26)24-33-21-34(29-15-13-27(25-40)14-16-29)45-37(44-33)32-12-6-11-31(20-32)30-10-5-9-28(19-30)22-38-35(41)17-18-36(42)43/h2-16,19-20,33-34,37,40H,17-18,21-25H2,1H3,(H,38,41)(H,42,43)/t33-,34+,37+/m0/s1. The summed E-state index contributed by atoms with van der Waals surface area (Å²) in [6, 6.07) is 34.3. The summed E-state index contributed by atoms with van der Waals surface area (Å²) in [7, 11) is 2.11. The van der Waals surface area contributed by atoms with Gasteiger partial charge in [-0.25, -0.2) is 0 Å². The number of likely N-dealkylation sites (N-methyl/N-ethyl adjacent to an activating group) is 1. The predicted molar refractivity (Wildman–Crippen MR) is 172 cm³/mol. The number of ether oxygens (including phenoxy) is 2.